The summed E-state index contributed by atoms with van der Waals surface area (Å²) < 4.78 is 96.8. The number of hydrogen-bond acceptors (Lipinski definition) is 7. The molecule has 2 atom stereocenters. The SMILES string of the molecule is CCOC(=O)C(C)CC1CN(S(=O)(=O)c2ccc(F)c(Cl)c2)c2cc(NC(=O)OC(C)(C)C(F)(F)F)ccc2O1. The largest absolute Gasteiger partial charge is 0.486 e. The third-order valence-electron chi connectivity index (χ3n) is 5.95. The van der Waals surface area contributed by atoms with Gasteiger partial charge in [-0.3, -0.25) is 14.4 Å². The average molecular weight is 611 g/mol. The molecule has 0 bridgehead atoms. The number of hydrogen-bond donors (Lipinski definition) is 1. The van der Waals surface area contributed by atoms with Crippen LogP contribution < -0.4 is 14.4 Å². The smallest absolute Gasteiger partial charge is 0.427 e. The summed E-state index contributed by atoms with van der Waals surface area (Å²) in [5.74, 6) is -1.95. The van der Waals surface area contributed by atoms with Gasteiger partial charge in [0, 0.05) is 5.69 Å². The molecule has 0 saturated carbocycles. The van der Waals surface area contributed by atoms with Gasteiger partial charge >= 0.3 is 18.2 Å². The molecule has 1 heterocycles. The van der Waals surface area contributed by atoms with E-state index in [1.807, 2.05) is 0 Å². The van der Waals surface area contributed by atoms with Crippen molar-refractivity contribution in [3.63, 3.8) is 0 Å². The van der Waals surface area contributed by atoms with Gasteiger partial charge < -0.3 is 14.2 Å². The summed E-state index contributed by atoms with van der Waals surface area (Å²) in [5, 5.41) is 1.71. The van der Waals surface area contributed by atoms with Crippen LogP contribution in [-0.2, 0) is 24.3 Å². The van der Waals surface area contributed by atoms with Crippen LogP contribution in [0, 0.1) is 11.7 Å². The first kappa shape index (κ1) is 31.3. The molecule has 1 aliphatic heterocycles. The number of alkyl halides is 3. The van der Waals surface area contributed by atoms with Gasteiger partial charge in [0.1, 0.15) is 17.7 Å². The summed E-state index contributed by atoms with van der Waals surface area (Å²) in [6, 6.07) is 6.58. The van der Waals surface area contributed by atoms with E-state index in [0.717, 1.165) is 22.5 Å². The average Bonchev–Trinajstić information content (AvgIpc) is 2.84. The van der Waals surface area contributed by atoms with Crippen molar-refractivity contribution in [2.45, 2.75) is 56.9 Å². The number of rotatable bonds is 8. The Kier molecular flexibility index (Phi) is 9.14. The number of esters is 1. The normalized spacial score (nSPS) is 16.4. The van der Waals surface area contributed by atoms with Gasteiger partial charge in [-0.05, 0) is 63.6 Å². The first-order chi connectivity index (χ1) is 18.5. The monoisotopic (exact) mass is 610 g/mol. The molecule has 0 radical (unpaired) electrons. The van der Waals surface area contributed by atoms with Gasteiger partial charge in [0.2, 0.25) is 5.60 Å². The van der Waals surface area contributed by atoms with Crippen molar-refractivity contribution >= 4 is 45.1 Å². The van der Waals surface area contributed by atoms with Gasteiger partial charge in [-0.2, -0.15) is 13.2 Å². The third kappa shape index (κ3) is 6.89. The number of sulfonamides is 1. The van der Waals surface area contributed by atoms with Crippen LogP contribution in [0.5, 0.6) is 5.75 Å². The Bertz CT molecular complexity index is 1390. The Hall–Kier alpha value is -3.26. The molecule has 1 N–H and O–H groups in total. The highest BCUT2D eigenvalue weighted by molar-refractivity contribution is 7.92. The van der Waals surface area contributed by atoms with E-state index in [1.54, 1.807) is 13.8 Å². The molecule has 15 heteroatoms. The van der Waals surface area contributed by atoms with Gasteiger partial charge in [0.25, 0.3) is 10.0 Å². The zero-order chi connectivity index (χ0) is 30.0. The number of anilines is 2. The molecule has 40 heavy (non-hydrogen) atoms. The van der Waals surface area contributed by atoms with Crippen molar-refractivity contribution in [2.75, 3.05) is 22.8 Å². The minimum atomic E-state index is -4.84. The van der Waals surface area contributed by atoms with Crippen LogP contribution in [0.15, 0.2) is 41.3 Å². The molecule has 9 nitrogen and oxygen atoms in total. The molecular weight excluding hydrogens is 584 g/mol. The highest BCUT2D eigenvalue weighted by atomic mass is 35.5. The van der Waals surface area contributed by atoms with Crippen molar-refractivity contribution in [1.82, 2.24) is 0 Å². The fourth-order valence-electron chi connectivity index (χ4n) is 3.71. The number of benzene rings is 2. The molecule has 220 valence electrons. The number of nitrogens with zero attached hydrogens (tertiary/aromatic N) is 1. The van der Waals surface area contributed by atoms with Crippen LogP contribution >= 0.6 is 11.6 Å². The first-order valence-electron chi connectivity index (χ1n) is 12.0. The summed E-state index contributed by atoms with van der Waals surface area (Å²) in [4.78, 5) is 24.0. The second kappa shape index (κ2) is 11.7. The van der Waals surface area contributed by atoms with Crippen molar-refractivity contribution in [3.8, 4) is 5.75 Å². The number of fused-ring (bicyclic) bond motifs is 1. The van der Waals surface area contributed by atoms with Crippen LogP contribution in [-0.4, -0.2) is 51.5 Å². The lowest BCUT2D eigenvalue weighted by Crippen LogP contribution is -2.45. The number of ether oxygens (including phenoxy) is 3. The molecule has 0 aliphatic carbocycles. The highest BCUT2D eigenvalue weighted by Crippen LogP contribution is 2.41. The maximum atomic E-state index is 13.8. The van der Waals surface area contributed by atoms with Gasteiger partial charge in [-0.1, -0.05) is 18.5 Å². The molecule has 1 amide bonds. The van der Waals surface area contributed by atoms with Gasteiger partial charge in [0.15, 0.2) is 0 Å². The van der Waals surface area contributed by atoms with Crippen molar-refractivity contribution in [3.05, 3.63) is 47.2 Å². The molecular formula is C25H27ClF4N2O7S. The van der Waals surface area contributed by atoms with Crippen LogP contribution in [0.3, 0.4) is 0 Å². The van der Waals surface area contributed by atoms with Crippen LogP contribution in [0.2, 0.25) is 5.02 Å². The number of amides is 1. The summed E-state index contributed by atoms with van der Waals surface area (Å²) >= 11 is 5.81. The Labute approximate surface area is 233 Å². The van der Waals surface area contributed by atoms with Crippen LogP contribution in [0.1, 0.15) is 34.1 Å². The third-order valence-corrected chi connectivity index (χ3v) is 8.02. The predicted molar refractivity (Wildman–Crippen MR) is 137 cm³/mol. The molecule has 3 rings (SSSR count). The topological polar surface area (TPSA) is 111 Å². The fourth-order valence-corrected chi connectivity index (χ4v) is 5.48. The first-order valence-corrected chi connectivity index (χ1v) is 13.8. The fraction of sp³-hybridized carbons (Fsp3) is 0.440. The lowest BCUT2D eigenvalue weighted by atomic mass is 10.0. The van der Waals surface area contributed by atoms with Crippen molar-refractivity contribution in [2.24, 2.45) is 5.92 Å². The number of carbonyl (C=O) groups is 2. The summed E-state index contributed by atoms with van der Waals surface area (Å²) in [7, 11) is -4.41. The summed E-state index contributed by atoms with van der Waals surface area (Å²) in [6.45, 7) is 4.44. The molecule has 1 aliphatic rings. The molecule has 0 spiro atoms. The number of carbonyl (C=O) groups excluding carboxylic acids is 2. The maximum absolute atomic E-state index is 13.8. The Balaban J connectivity index is 1.98. The zero-order valence-electron chi connectivity index (χ0n) is 21.8. The summed E-state index contributed by atoms with van der Waals surface area (Å²) in [6.07, 6.45) is -7.02. The molecule has 2 aromatic carbocycles. The van der Waals surface area contributed by atoms with E-state index in [0.29, 0.717) is 13.8 Å². The molecule has 0 fully saturated rings. The van der Waals surface area contributed by atoms with E-state index >= 15 is 0 Å². The minimum Gasteiger partial charge on any atom is -0.486 e. The second-order valence-electron chi connectivity index (χ2n) is 9.45. The zero-order valence-corrected chi connectivity index (χ0v) is 23.4. The Morgan fingerprint density at radius 1 is 1.20 bits per heavy atom. The van der Waals surface area contributed by atoms with E-state index in [2.05, 4.69) is 10.1 Å². The number of nitrogens with one attached hydrogen (secondary N) is 1. The van der Waals surface area contributed by atoms with Crippen LogP contribution in [0.4, 0.5) is 33.7 Å². The Morgan fingerprint density at radius 2 is 1.88 bits per heavy atom. The van der Waals surface area contributed by atoms with E-state index in [1.165, 1.54) is 18.2 Å². The highest BCUT2D eigenvalue weighted by Gasteiger charge is 2.51. The summed E-state index contributed by atoms with van der Waals surface area (Å²) in [5.41, 5.74) is -2.97. The van der Waals surface area contributed by atoms with Crippen molar-refractivity contribution < 1.29 is 49.8 Å². The van der Waals surface area contributed by atoms with Gasteiger partial charge in [-0.15, -0.1) is 0 Å². The van der Waals surface area contributed by atoms with E-state index in [-0.39, 0.29) is 41.6 Å². The molecule has 0 saturated heterocycles. The number of halogens is 5. The van der Waals surface area contributed by atoms with Crippen molar-refractivity contribution in [1.29, 1.82) is 0 Å². The molecule has 0 aromatic heterocycles. The second-order valence-corrected chi connectivity index (χ2v) is 11.7. The molecule has 2 aromatic rings. The minimum absolute atomic E-state index is 0.0404. The lowest BCUT2D eigenvalue weighted by Gasteiger charge is -2.36. The predicted octanol–water partition coefficient (Wildman–Crippen LogP) is 5.91. The van der Waals surface area contributed by atoms with Gasteiger partial charge in [0.05, 0.1) is 34.7 Å². The Morgan fingerprint density at radius 3 is 2.48 bits per heavy atom. The van der Waals surface area contributed by atoms with Crippen LogP contribution in [0.25, 0.3) is 0 Å². The quantitative estimate of drug-likeness (QED) is 0.292. The standard InChI is InChI=1S/C25H27ClF4N2O7S/c1-5-37-22(33)14(2)10-16-13-32(40(35,36)17-7-8-19(27)18(26)12-17)20-11-15(6-9-21(20)38-16)31-23(34)39-24(3,4)25(28,29)30/h6-9,11-12,14,16H,5,10,13H2,1-4H3,(H,31,34). The van der Waals surface area contributed by atoms with E-state index in [4.69, 9.17) is 21.1 Å². The maximum Gasteiger partial charge on any atom is 0.427 e. The van der Waals surface area contributed by atoms with E-state index in [9.17, 15) is 35.6 Å². The van der Waals surface area contributed by atoms with Gasteiger partial charge in [-0.25, -0.2) is 17.6 Å². The van der Waals surface area contributed by atoms with E-state index < -0.39 is 56.7 Å². The molecule has 2 unspecified atom stereocenters. The lowest BCUT2D eigenvalue weighted by molar-refractivity contribution is -0.242.